The molecule has 2 heterocycles. The van der Waals surface area contributed by atoms with Crippen LogP contribution in [0.25, 0.3) is 11.1 Å². The summed E-state index contributed by atoms with van der Waals surface area (Å²) < 4.78 is 1.99. The van der Waals surface area contributed by atoms with Crippen LogP contribution in [0.3, 0.4) is 0 Å². The molecule has 1 aromatic heterocycles. The van der Waals surface area contributed by atoms with E-state index >= 15 is 0 Å². The van der Waals surface area contributed by atoms with Crippen molar-refractivity contribution in [3.63, 3.8) is 0 Å². The zero-order valence-corrected chi connectivity index (χ0v) is 17.2. The molecule has 1 N–H and O–H groups in total. The summed E-state index contributed by atoms with van der Waals surface area (Å²) in [5, 5.41) is 14.3. The Balaban J connectivity index is 1.76. The lowest BCUT2D eigenvalue weighted by Gasteiger charge is -2.29. The molecule has 0 aliphatic carbocycles. The van der Waals surface area contributed by atoms with Crippen molar-refractivity contribution in [1.29, 1.82) is 0 Å². The van der Waals surface area contributed by atoms with Crippen LogP contribution in [-0.4, -0.2) is 27.3 Å². The SMILES string of the molecule is Cc1nn2c(c1-c1ccccc1C(C)C)N(C(=O)Cc1ccc(O)cc1)CCC2. The summed E-state index contributed by atoms with van der Waals surface area (Å²) in [6.45, 7) is 7.93. The smallest absolute Gasteiger partial charge is 0.232 e. The monoisotopic (exact) mass is 389 g/mol. The maximum absolute atomic E-state index is 13.2. The number of fused-ring (bicyclic) bond motifs is 1. The van der Waals surface area contributed by atoms with Crippen LogP contribution in [0.15, 0.2) is 48.5 Å². The van der Waals surface area contributed by atoms with E-state index in [-0.39, 0.29) is 11.7 Å². The molecule has 0 radical (unpaired) electrons. The van der Waals surface area contributed by atoms with Crippen LogP contribution in [0.2, 0.25) is 0 Å². The molecule has 5 nitrogen and oxygen atoms in total. The molecule has 5 heteroatoms. The molecule has 29 heavy (non-hydrogen) atoms. The second-order valence-corrected chi connectivity index (χ2v) is 7.99. The van der Waals surface area contributed by atoms with Gasteiger partial charge in [-0.3, -0.25) is 9.69 Å². The average molecular weight is 389 g/mol. The Morgan fingerprint density at radius 2 is 1.83 bits per heavy atom. The van der Waals surface area contributed by atoms with Crippen LogP contribution in [-0.2, 0) is 17.8 Å². The van der Waals surface area contributed by atoms with Crippen molar-refractivity contribution in [2.45, 2.75) is 46.1 Å². The number of carbonyl (C=O) groups is 1. The molecule has 0 saturated heterocycles. The first-order valence-corrected chi connectivity index (χ1v) is 10.2. The number of hydrogen-bond acceptors (Lipinski definition) is 3. The predicted octanol–water partition coefficient (Wildman–Crippen LogP) is 4.67. The van der Waals surface area contributed by atoms with E-state index in [9.17, 15) is 9.90 Å². The number of aromatic hydroxyl groups is 1. The number of hydrogen-bond donors (Lipinski definition) is 1. The highest BCUT2D eigenvalue weighted by atomic mass is 16.3. The Bertz CT molecular complexity index is 1030. The molecule has 2 aromatic carbocycles. The molecule has 0 unspecified atom stereocenters. The first-order chi connectivity index (χ1) is 14.0. The first kappa shape index (κ1) is 19.2. The van der Waals surface area contributed by atoms with Crippen LogP contribution < -0.4 is 4.90 Å². The van der Waals surface area contributed by atoms with Crippen molar-refractivity contribution >= 4 is 11.7 Å². The Kier molecular flexibility index (Phi) is 5.14. The Morgan fingerprint density at radius 1 is 1.10 bits per heavy atom. The predicted molar refractivity (Wildman–Crippen MR) is 115 cm³/mol. The number of rotatable bonds is 4. The van der Waals surface area contributed by atoms with Gasteiger partial charge in [0, 0.05) is 18.7 Å². The van der Waals surface area contributed by atoms with Gasteiger partial charge in [0.2, 0.25) is 5.91 Å². The summed E-state index contributed by atoms with van der Waals surface area (Å²) in [4.78, 5) is 15.1. The maximum Gasteiger partial charge on any atom is 0.232 e. The lowest BCUT2D eigenvalue weighted by atomic mass is 9.92. The third kappa shape index (κ3) is 3.65. The number of amides is 1. The van der Waals surface area contributed by atoms with E-state index in [4.69, 9.17) is 5.10 Å². The van der Waals surface area contributed by atoms with E-state index < -0.39 is 0 Å². The van der Waals surface area contributed by atoms with E-state index in [1.807, 2.05) is 16.5 Å². The topological polar surface area (TPSA) is 58.4 Å². The minimum atomic E-state index is 0.0554. The molecule has 0 spiro atoms. The normalized spacial score (nSPS) is 13.6. The number of carbonyl (C=O) groups excluding carboxylic acids is 1. The number of benzene rings is 2. The third-order valence-electron chi connectivity index (χ3n) is 5.55. The standard InChI is InChI=1S/C24H27N3O2/c1-16(2)20-7-4-5-8-21(20)23-17(3)25-27-14-6-13-26(24(23)27)22(29)15-18-9-11-19(28)12-10-18/h4-5,7-12,16,28H,6,13-15H2,1-3H3. The lowest BCUT2D eigenvalue weighted by Crippen LogP contribution is -2.38. The van der Waals surface area contributed by atoms with Gasteiger partial charge in [0.05, 0.1) is 12.1 Å². The summed E-state index contributed by atoms with van der Waals surface area (Å²) in [7, 11) is 0. The van der Waals surface area contributed by atoms with Crippen LogP contribution in [0.1, 0.15) is 43.0 Å². The fourth-order valence-electron chi connectivity index (χ4n) is 4.15. The van der Waals surface area contributed by atoms with Crippen molar-refractivity contribution in [2.75, 3.05) is 11.4 Å². The molecule has 150 valence electrons. The summed E-state index contributed by atoms with van der Waals surface area (Å²) in [5.74, 6) is 1.55. The van der Waals surface area contributed by atoms with E-state index in [1.165, 1.54) is 5.56 Å². The van der Waals surface area contributed by atoms with Gasteiger partial charge in [-0.05, 0) is 48.1 Å². The fraction of sp³-hybridized carbons (Fsp3) is 0.333. The Hall–Kier alpha value is -3.08. The van der Waals surface area contributed by atoms with Crippen LogP contribution in [0.5, 0.6) is 5.75 Å². The molecule has 0 saturated carbocycles. The number of aryl methyl sites for hydroxylation is 2. The zero-order valence-electron chi connectivity index (χ0n) is 17.2. The largest absolute Gasteiger partial charge is 0.508 e. The van der Waals surface area contributed by atoms with Crippen LogP contribution in [0, 0.1) is 6.92 Å². The van der Waals surface area contributed by atoms with Gasteiger partial charge < -0.3 is 5.11 Å². The minimum Gasteiger partial charge on any atom is -0.508 e. The van der Waals surface area contributed by atoms with Gasteiger partial charge in [-0.2, -0.15) is 5.10 Å². The summed E-state index contributed by atoms with van der Waals surface area (Å²) in [5.41, 5.74) is 5.34. The summed E-state index contributed by atoms with van der Waals surface area (Å²) >= 11 is 0. The molecule has 1 aliphatic rings. The number of nitrogens with zero attached hydrogens (tertiary/aromatic N) is 3. The minimum absolute atomic E-state index is 0.0554. The van der Waals surface area contributed by atoms with Crippen LogP contribution in [0.4, 0.5) is 5.82 Å². The number of anilines is 1. The van der Waals surface area contributed by atoms with E-state index in [0.717, 1.165) is 41.2 Å². The van der Waals surface area contributed by atoms with Crippen molar-refractivity contribution in [2.24, 2.45) is 0 Å². The Labute approximate surface area is 171 Å². The molecule has 4 rings (SSSR count). The molecular formula is C24H27N3O2. The van der Waals surface area contributed by atoms with Gasteiger partial charge >= 0.3 is 0 Å². The summed E-state index contributed by atoms with van der Waals surface area (Å²) in [6.07, 6.45) is 1.19. The van der Waals surface area contributed by atoms with E-state index in [2.05, 4.69) is 38.1 Å². The van der Waals surface area contributed by atoms with E-state index in [0.29, 0.717) is 18.9 Å². The third-order valence-corrected chi connectivity index (χ3v) is 5.55. The molecule has 0 bridgehead atoms. The zero-order chi connectivity index (χ0) is 20.5. The van der Waals surface area contributed by atoms with Crippen molar-refractivity contribution in [3.05, 3.63) is 65.4 Å². The van der Waals surface area contributed by atoms with Gasteiger partial charge in [-0.25, -0.2) is 4.68 Å². The first-order valence-electron chi connectivity index (χ1n) is 10.2. The number of aromatic nitrogens is 2. The summed E-state index contributed by atoms with van der Waals surface area (Å²) in [6, 6.07) is 15.3. The molecule has 1 aliphatic heterocycles. The van der Waals surface area contributed by atoms with Gasteiger partial charge in [0.15, 0.2) is 0 Å². The maximum atomic E-state index is 13.2. The van der Waals surface area contributed by atoms with Crippen molar-refractivity contribution in [1.82, 2.24) is 9.78 Å². The van der Waals surface area contributed by atoms with Gasteiger partial charge in [-0.1, -0.05) is 50.2 Å². The Morgan fingerprint density at radius 3 is 2.55 bits per heavy atom. The molecule has 0 atom stereocenters. The number of phenols is 1. The molecule has 1 amide bonds. The van der Waals surface area contributed by atoms with Gasteiger partial charge in [0.1, 0.15) is 11.6 Å². The number of phenolic OH excluding ortho intramolecular Hbond substituents is 1. The average Bonchev–Trinajstić information content (AvgIpc) is 3.05. The molecule has 3 aromatic rings. The second kappa shape index (κ2) is 7.74. The van der Waals surface area contributed by atoms with Gasteiger partial charge in [-0.15, -0.1) is 0 Å². The molecule has 0 fully saturated rings. The lowest BCUT2D eigenvalue weighted by molar-refractivity contribution is -0.118. The van der Waals surface area contributed by atoms with Gasteiger partial charge in [0.25, 0.3) is 0 Å². The highest BCUT2D eigenvalue weighted by Crippen LogP contribution is 2.40. The highest BCUT2D eigenvalue weighted by molar-refractivity contribution is 5.98. The quantitative estimate of drug-likeness (QED) is 0.706. The van der Waals surface area contributed by atoms with Crippen LogP contribution >= 0.6 is 0 Å². The van der Waals surface area contributed by atoms with E-state index in [1.54, 1.807) is 24.3 Å². The highest BCUT2D eigenvalue weighted by Gasteiger charge is 2.30. The fourth-order valence-corrected chi connectivity index (χ4v) is 4.15. The van der Waals surface area contributed by atoms with Crippen molar-refractivity contribution < 1.29 is 9.90 Å². The second-order valence-electron chi connectivity index (χ2n) is 7.99. The molecular weight excluding hydrogens is 362 g/mol. The van der Waals surface area contributed by atoms with Crippen molar-refractivity contribution in [3.8, 4) is 16.9 Å².